The molecule has 0 saturated carbocycles. The number of nitrogens with one attached hydrogen (secondary N) is 2. The van der Waals surface area contributed by atoms with Gasteiger partial charge in [-0.15, -0.1) is 0 Å². The van der Waals surface area contributed by atoms with Gasteiger partial charge in [0.25, 0.3) is 0 Å². The molecule has 0 aromatic heterocycles. The number of rotatable bonds is 6. The summed E-state index contributed by atoms with van der Waals surface area (Å²) < 4.78 is 9.27. The minimum Gasteiger partial charge on any atom is -0.466 e. The number of amides is 1. The van der Waals surface area contributed by atoms with E-state index in [0.29, 0.717) is 6.54 Å². The third-order valence-electron chi connectivity index (χ3n) is 1.36. The lowest BCUT2D eigenvalue weighted by Gasteiger charge is -2.06. The molecule has 2 N–H and O–H groups in total. The number of ether oxygens (including phenoxy) is 2. The van der Waals surface area contributed by atoms with Crippen molar-refractivity contribution in [2.75, 3.05) is 19.8 Å². The Morgan fingerprint density at radius 3 is 2.47 bits per heavy atom. The summed E-state index contributed by atoms with van der Waals surface area (Å²) in [7, 11) is 0. The van der Waals surface area contributed by atoms with Crippen molar-refractivity contribution in [3.63, 3.8) is 0 Å². The third-order valence-corrected chi connectivity index (χ3v) is 1.36. The summed E-state index contributed by atoms with van der Waals surface area (Å²) in [4.78, 5) is 21.7. The maximum Gasteiger partial charge on any atom is 0.407 e. The zero-order valence-corrected chi connectivity index (χ0v) is 8.96. The number of esters is 1. The molecule has 0 fully saturated rings. The second kappa shape index (κ2) is 7.78. The summed E-state index contributed by atoms with van der Waals surface area (Å²) in [6.07, 6.45) is -0.737. The van der Waals surface area contributed by atoms with Crippen LogP contribution in [0.2, 0.25) is 0 Å². The van der Waals surface area contributed by atoms with E-state index in [1.807, 2.05) is 0 Å². The van der Waals surface area contributed by atoms with E-state index in [0.717, 1.165) is 0 Å². The number of alkyl carbamates (subject to hydrolysis) is 1. The SMILES string of the molecule is CCNC(=O)OCC(=N)CC(=O)OCC. The van der Waals surface area contributed by atoms with Gasteiger partial charge in [-0.3, -0.25) is 4.79 Å². The fraction of sp³-hybridized carbons (Fsp3) is 0.667. The highest BCUT2D eigenvalue weighted by molar-refractivity contribution is 5.98. The quantitative estimate of drug-likeness (QED) is 0.505. The number of hydrogen-bond acceptors (Lipinski definition) is 5. The van der Waals surface area contributed by atoms with Crippen molar-refractivity contribution in [3.8, 4) is 0 Å². The summed E-state index contributed by atoms with van der Waals surface area (Å²) in [6.45, 7) is 4.00. The molecule has 0 saturated heterocycles. The van der Waals surface area contributed by atoms with Gasteiger partial charge in [-0.25, -0.2) is 4.79 Å². The second-order valence-electron chi connectivity index (χ2n) is 2.69. The van der Waals surface area contributed by atoms with Gasteiger partial charge in [0.2, 0.25) is 0 Å². The first-order chi connectivity index (χ1) is 7.10. The smallest absolute Gasteiger partial charge is 0.407 e. The van der Waals surface area contributed by atoms with Gasteiger partial charge in [-0.2, -0.15) is 0 Å². The zero-order chi connectivity index (χ0) is 11.7. The summed E-state index contributed by atoms with van der Waals surface area (Å²) >= 11 is 0. The Morgan fingerprint density at radius 2 is 1.93 bits per heavy atom. The molecule has 0 aliphatic rings. The second-order valence-corrected chi connectivity index (χ2v) is 2.69. The fourth-order valence-electron chi connectivity index (χ4n) is 0.785. The molecule has 0 aromatic rings. The molecule has 0 spiro atoms. The van der Waals surface area contributed by atoms with Gasteiger partial charge in [-0.1, -0.05) is 0 Å². The molecule has 0 rings (SSSR count). The Kier molecular flexibility index (Phi) is 6.96. The Labute approximate surface area is 88.4 Å². The van der Waals surface area contributed by atoms with Gasteiger partial charge in [0, 0.05) is 6.54 Å². The van der Waals surface area contributed by atoms with E-state index < -0.39 is 12.1 Å². The van der Waals surface area contributed by atoms with E-state index in [9.17, 15) is 9.59 Å². The van der Waals surface area contributed by atoms with Crippen LogP contribution in [0.3, 0.4) is 0 Å². The molecule has 6 heteroatoms. The van der Waals surface area contributed by atoms with Crippen molar-refractivity contribution in [1.29, 1.82) is 5.41 Å². The highest BCUT2D eigenvalue weighted by Gasteiger charge is 2.08. The first-order valence-electron chi connectivity index (χ1n) is 4.72. The highest BCUT2D eigenvalue weighted by Crippen LogP contribution is 1.91. The lowest BCUT2D eigenvalue weighted by atomic mass is 10.3. The normalized spacial score (nSPS) is 9.20. The van der Waals surface area contributed by atoms with E-state index in [2.05, 4.69) is 14.8 Å². The summed E-state index contributed by atoms with van der Waals surface area (Å²) in [5, 5.41) is 9.72. The molecule has 0 bridgehead atoms. The van der Waals surface area contributed by atoms with Crippen molar-refractivity contribution >= 4 is 17.8 Å². The largest absolute Gasteiger partial charge is 0.466 e. The lowest BCUT2D eigenvalue weighted by Crippen LogP contribution is -2.26. The highest BCUT2D eigenvalue weighted by atomic mass is 16.5. The van der Waals surface area contributed by atoms with Crippen LogP contribution in [0.4, 0.5) is 4.79 Å². The number of carbonyl (C=O) groups excluding carboxylic acids is 2. The minimum atomic E-state index is -0.592. The molecule has 0 radical (unpaired) electrons. The van der Waals surface area contributed by atoms with Gasteiger partial charge >= 0.3 is 12.1 Å². The number of carbonyl (C=O) groups is 2. The molecule has 0 aliphatic heterocycles. The van der Waals surface area contributed by atoms with Crippen molar-refractivity contribution < 1.29 is 19.1 Å². The first-order valence-corrected chi connectivity index (χ1v) is 4.72. The molecular formula is C9H16N2O4. The zero-order valence-electron chi connectivity index (χ0n) is 8.96. The minimum absolute atomic E-state index is 0.0136. The van der Waals surface area contributed by atoms with Crippen LogP contribution in [0.15, 0.2) is 0 Å². The van der Waals surface area contributed by atoms with Crippen LogP contribution in [0.1, 0.15) is 20.3 Å². The average molecular weight is 216 g/mol. The van der Waals surface area contributed by atoms with Crippen LogP contribution in [0.5, 0.6) is 0 Å². The van der Waals surface area contributed by atoms with E-state index in [1.54, 1.807) is 13.8 Å². The van der Waals surface area contributed by atoms with Crippen molar-refractivity contribution in [2.24, 2.45) is 0 Å². The topological polar surface area (TPSA) is 88.5 Å². The fourth-order valence-corrected chi connectivity index (χ4v) is 0.785. The Balaban J connectivity index is 3.66. The molecule has 0 aliphatic carbocycles. The molecule has 1 amide bonds. The van der Waals surface area contributed by atoms with Gasteiger partial charge < -0.3 is 20.2 Å². The molecular weight excluding hydrogens is 200 g/mol. The van der Waals surface area contributed by atoms with Gasteiger partial charge in [0.15, 0.2) is 0 Å². The van der Waals surface area contributed by atoms with Gasteiger partial charge in [-0.05, 0) is 13.8 Å². The molecule has 6 nitrogen and oxygen atoms in total. The van der Waals surface area contributed by atoms with Crippen molar-refractivity contribution in [2.45, 2.75) is 20.3 Å². The van der Waals surface area contributed by atoms with E-state index in [-0.39, 0.29) is 25.3 Å². The van der Waals surface area contributed by atoms with Crippen LogP contribution < -0.4 is 5.32 Å². The molecule has 15 heavy (non-hydrogen) atoms. The standard InChI is InChI=1S/C9H16N2O4/c1-3-11-9(13)15-6-7(10)5-8(12)14-4-2/h10H,3-6H2,1-2H3,(H,11,13). The first kappa shape index (κ1) is 13.4. The Morgan fingerprint density at radius 1 is 1.27 bits per heavy atom. The van der Waals surface area contributed by atoms with E-state index in [4.69, 9.17) is 5.41 Å². The van der Waals surface area contributed by atoms with Crippen LogP contribution in [0, 0.1) is 5.41 Å². The van der Waals surface area contributed by atoms with Crippen LogP contribution in [-0.2, 0) is 14.3 Å². The van der Waals surface area contributed by atoms with Crippen LogP contribution in [-0.4, -0.2) is 37.5 Å². The summed E-state index contributed by atoms with van der Waals surface area (Å²) in [5.74, 6) is -0.484. The maximum absolute atomic E-state index is 10.9. The average Bonchev–Trinajstić information content (AvgIpc) is 2.15. The summed E-state index contributed by atoms with van der Waals surface area (Å²) in [5.41, 5.74) is 0.0136. The van der Waals surface area contributed by atoms with E-state index >= 15 is 0 Å². The summed E-state index contributed by atoms with van der Waals surface area (Å²) in [6, 6.07) is 0. The van der Waals surface area contributed by atoms with E-state index in [1.165, 1.54) is 0 Å². The lowest BCUT2D eigenvalue weighted by molar-refractivity contribution is -0.141. The molecule has 0 unspecified atom stereocenters. The van der Waals surface area contributed by atoms with Crippen molar-refractivity contribution in [1.82, 2.24) is 5.32 Å². The Hall–Kier alpha value is -1.59. The monoisotopic (exact) mass is 216 g/mol. The van der Waals surface area contributed by atoms with Gasteiger partial charge in [0.05, 0.1) is 18.7 Å². The maximum atomic E-state index is 10.9. The predicted molar refractivity (Wildman–Crippen MR) is 54.0 cm³/mol. The third kappa shape index (κ3) is 7.48. The predicted octanol–water partition coefficient (Wildman–Crippen LogP) is 0.705. The number of hydrogen-bond donors (Lipinski definition) is 2. The molecule has 86 valence electrons. The van der Waals surface area contributed by atoms with Crippen LogP contribution >= 0.6 is 0 Å². The molecule has 0 atom stereocenters. The molecule has 0 aromatic carbocycles. The Bertz CT molecular complexity index is 240. The van der Waals surface area contributed by atoms with Crippen molar-refractivity contribution in [3.05, 3.63) is 0 Å². The van der Waals surface area contributed by atoms with Crippen LogP contribution in [0.25, 0.3) is 0 Å². The van der Waals surface area contributed by atoms with Gasteiger partial charge in [0.1, 0.15) is 6.61 Å². The molecule has 0 heterocycles.